The third-order valence-corrected chi connectivity index (χ3v) is 7.29. The molecule has 148 valence electrons. The van der Waals surface area contributed by atoms with Crippen molar-refractivity contribution in [1.82, 2.24) is 19.1 Å². The van der Waals surface area contributed by atoms with Crippen molar-refractivity contribution in [1.29, 1.82) is 0 Å². The van der Waals surface area contributed by atoms with Gasteiger partial charge in [-0.15, -0.1) is 0 Å². The molecule has 1 aliphatic heterocycles. The molecule has 1 saturated heterocycles. The van der Waals surface area contributed by atoms with Crippen molar-refractivity contribution in [2.45, 2.75) is 30.7 Å². The summed E-state index contributed by atoms with van der Waals surface area (Å²) in [5, 5.41) is 5.11. The minimum atomic E-state index is -3.65. The largest absolute Gasteiger partial charge is 0.378 e. The van der Waals surface area contributed by atoms with Crippen LogP contribution in [0.25, 0.3) is 11.0 Å². The Kier molecular flexibility index (Phi) is 4.63. The van der Waals surface area contributed by atoms with Crippen LogP contribution in [0.4, 0.5) is 5.69 Å². The molecule has 4 rings (SSSR count). The normalized spacial score (nSPS) is 18.1. The summed E-state index contributed by atoms with van der Waals surface area (Å²) in [6.45, 7) is 2.38. The van der Waals surface area contributed by atoms with E-state index in [0.717, 1.165) is 35.2 Å². The quantitative estimate of drug-likeness (QED) is 0.675. The zero-order chi connectivity index (χ0) is 20.1. The molecule has 1 fully saturated rings. The molecule has 1 aliphatic rings. The lowest BCUT2D eigenvalue weighted by Gasteiger charge is -2.25. The average Bonchev–Trinajstić information content (AvgIpc) is 3.27. The van der Waals surface area contributed by atoms with Crippen LogP contribution in [-0.4, -0.2) is 48.1 Å². The maximum Gasteiger partial charge on any atom is 0.245 e. The lowest BCUT2D eigenvalue weighted by molar-refractivity contribution is 0.396. The van der Waals surface area contributed by atoms with Gasteiger partial charge in [0.1, 0.15) is 4.90 Å². The minimum absolute atomic E-state index is 0.157. The molecule has 3 aromatic rings. The van der Waals surface area contributed by atoms with Crippen molar-refractivity contribution < 1.29 is 8.42 Å². The lowest BCUT2D eigenvalue weighted by atomic mass is 10.0. The molecule has 0 aliphatic carbocycles. The molecule has 2 aromatic heterocycles. The fraction of sp³-hybridized carbons (Fsp3) is 0.400. The molecule has 1 aromatic carbocycles. The molecular weight excluding hydrogens is 374 g/mol. The topological polar surface area (TPSA) is 71.3 Å². The first kappa shape index (κ1) is 18.9. The summed E-state index contributed by atoms with van der Waals surface area (Å²) in [6, 6.07) is 9.64. The molecular formula is C20H25N5O2S. The van der Waals surface area contributed by atoms with Crippen molar-refractivity contribution in [2.75, 3.05) is 25.5 Å². The van der Waals surface area contributed by atoms with E-state index in [2.05, 4.69) is 16.1 Å². The summed E-state index contributed by atoms with van der Waals surface area (Å²) in [4.78, 5) is 6.62. The minimum Gasteiger partial charge on any atom is -0.378 e. The van der Waals surface area contributed by atoms with E-state index in [1.54, 1.807) is 15.1 Å². The number of aryl methyl sites for hydroxylation is 2. The fourth-order valence-electron chi connectivity index (χ4n) is 3.94. The van der Waals surface area contributed by atoms with Crippen molar-refractivity contribution in [3.63, 3.8) is 0 Å². The van der Waals surface area contributed by atoms with Crippen LogP contribution < -0.4 is 4.90 Å². The molecule has 8 heteroatoms. The number of fused-ring (bicyclic) bond motifs is 1. The van der Waals surface area contributed by atoms with E-state index < -0.39 is 10.0 Å². The number of hydrogen-bond donors (Lipinski definition) is 0. The van der Waals surface area contributed by atoms with E-state index in [1.165, 1.54) is 6.20 Å². The van der Waals surface area contributed by atoms with Crippen LogP contribution in [0.2, 0.25) is 0 Å². The van der Waals surface area contributed by atoms with Gasteiger partial charge in [0.05, 0.1) is 11.7 Å². The Hall–Kier alpha value is -2.45. The number of pyridine rings is 1. The molecule has 1 atom stereocenters. The highest BCUT2D eigenvalue weighted by molar-refractivity contribution is 7.89. The van der Waals surface area contributed by atoms with Crippen LogP contribution in [0.5, 0.6) is 0 Å². The smallest absolute Gasteiger partial charge is 0.245 e. The highest BCUT2D eigenvalue weighted by Crippen LogP contribution is 2.37. The molecule has 0 radical (unpaired) electrons. The van der Waals surface area contributed by atoms with Gasteiger partial charge in [-0.1, -0.05) is 12.1 Å². The van der Waals surface area contributed by atoms with Gasteiger partial charge in [0.25, 0.3) is 0 Å². The van der Waals surface area contributed by atoms with Gasteiger partial charge >= 0.3 is 0 Å². The van der Waals surface area contributed by atoms with E-state index in [9.17, 15) is 8.42 Å². The first-order valence-corrected chi connectivity index (χ1v) is 10.8. The predicted molar refractivity (Wildman–Crippen MR) is 110 cm³/mol. The molecule has 0 spiro atoms. The summed E-state index contributed by atoms with van der Waals surface area (Å²) < 4.78 is 30.2. The van der Waals surface area contributed by atoms with Crippen molar-refractivity contribution >= 4 is 26.7 Å². The van der Waals surface area contributed by atoms with Gasteiger partial charge in [0.15, 0.2) is 5.65 Å². The monoisotopic (exact) mass is 399 g/mol. The predicted octanol–water partition coefficient (Wildman–Crippen LogP) is 2.87. The second-order valence-electron chi connectivity index (χ2n) is 7.51. The molecule has 1 unspecified atom stereocenters. The highest BCUT2D eigenvalue weighted by atomic mass is 32.2. The number of sulfonamides is 1. The molecule has 7 nitrogen and oxygen atoms in total. The third kappa shape index (κ3) is 3.06. The van der Waals surface area contributed by atoms with Crippen LogP contribution in [0.1, 0.15) is 30.1 Å². The number of hydrogen-bond acceptors (Lipinski definition) is 5. The Morgan fingerprint density at radius 3 is 2.75 bits per heavy atom. The summed E-state index contributed by atoms with van der Waals surface area (Å²) in [5.41, 5.74) is 3.56. The van der Waals surface area contributed by atoms with E-state index in [1.807, 2.05) is 51.2 Å². The Morgan fingerprint density at radius 1 is 1.21 bits per heavy atom. The van der Waals surface area contributed by atoms with Gasteiger partial charge < -0.3 is 4.90 Å². The number of aromatic nitrogens is 3. The Labute approximate surface area is 165 Å². The molecule has 0 bridgehead atoms. The van der Waals surface area contributed by atoms with Gasteiger partial charge in [0.2, 0.25) is 10.0 Å². The van der Waals surface area contributed by atoms with Crippen LogP contribution >= 0.6 is 0 Å². The molecule has 0 saturated carbocycles. The second-order valence-corrected chi connectivity index (χ2v) is 9.40. The van der Waals surface area contributed by atoms with Crippen LogP contribution in [0, 0.1) is 6.92 Å². The van der Waals surface area contributed by atoms with Gasteiger partial charge in [0, 0.05) is 45.0 Å². The van der Waals surface area contributed by atoms with Crippen molar-refractivity contribution in [3.8, 4) is 0 Å². The lowest BCUT2D eigenvalue weighted by Crippen LogP contribution is -2.31. The third-order valence-electron chi connectivity index (χ3n) is 5.42. The Balaban J connectivity index is 1.74. The van der Waals surface area contributed by atoms with E-state index in [0.29, 0.717) is 12.2 Å². The van der Waals surface area contributed by atoms with Crippen molar-refractivity contribution in [3.05, 3.63) is 47.8 Å². The van der Waals surface area contributed by atoms with Crippen LogP contribution in [-0.2, 0) is 17.1 Å². The summed E-state index contributed by atoms with van der Waals surface area (Å²) in [5.74, 6) is 0. The van der Waals surface area contributed by atoms with Crippen LogP contribution in [0.3, 0.4) is 0 Å². The highest BCUT2D eigenvalue weighted by Gasteiger charge is 2.36. The molecule has 0 N–H and O–H groups in total. The molecule has 0 amide bonds. The van der Waals surface area contributed by atoms with Crippen LogP contribution in [0.15, 0.2) is 41.4 Å². The summed E-state index contributed by atoms with van der Waals surface area (Å²) in [6.07, 6.45) is 3.11. The van der Waals surface area contributed by atoms with Gasteiger partial charge in [-0.2, -0.15) is 9.40 Å². The van der Waals surface area contributed by atoms with Crippen molar-refractivity contribution in [2.24, 2.45) is 7.05 Å². The van der Waals surface area contributed by atoms with E-state index >= 15 is 0 Å². The fourth-order valence-corrected chi connectivity index (χ4v) is 5.59. The number of benzene rings is 1. The first-order valence-electron chi connectivity index (χ1n) is 9.37. The Bertz CT molecular complexity index is 1140. The zero-order valence-corrected chi connectivity index (χ0v) is 17.4. The zero-order valence-electron chi connectivity index (χ0n) is 16.6. The number of nitrogens with zero attached hydrogens (tertiary/aromatic N) is 5. The number of rotatable bonds is 4. The second kappa shape index (κ2) is 6.86. The standard InChI is InChI=1S/C20H25N5O2S/c1-14-18-12-17(13-21-20(18)24(4)22-14)28(26,27)25-10-6-9-19(25)15-7-5-8-16(11-15)23(2)3/h5,7-8,11-13,19H,6,9-10H2,1-4H3. The van der Waals surface area contributed by atoms with E-state index in [-0.39, 0.29) is 10.9 Å². The summed E-state index contributed by atoms with van der Waals surface area (Å²) in [7, 11) is 2.13. The average molecular weight is 400 g/mol. The SMILES string of the molecule is Cc1nn(C)c2ncc(S(=O)(=O)N3CCCC3c3cccc(N(C)C)c3)cc12. The Morgan fingerprint density at radius 2 is 2.00 bits per heavy atom. The summed E-state index contributed by atoms with van der Waals surface area (Å²) >= 11 is 0. The maximum absolute atomic E-state index is 13.4. The van der Waals surface area contributed by atoms with E-state index in [4.69, 9.17) is 0 Å². The van der Waals surface area contributed by atoms with Gasteiger partial charge in [-0.3, -0.25) is 4.68 Å². The van der Waals surface area contributed by atoms with Gasteiger partial charge in [-0.25, -0.2) is 13.4 Å². The van der Waals surface area contributed by atoms with Gasteiger partial charge in [-0.05, 0) is 43.5 Å². The maximum atomic E-state index is 13.4. The number of anilines is 1. The molecule has 28 heavy (non-hydrogen) atoms. The first-order chi connectivity index (χ1) is 13.3. The molecule has 3 heterocycles.